The van der Waals surface area contributed by atoms with Gasteiger partial charge in [-0.1, -0.05) is 30.9 Å². The molecule has 176 valence electrons. The van der Waals surface area contributed by atoms with Crippen LogP contribution in [0.5, 0.6) is 0 Å². The molecule has 6 heteroatoms. The number of nitrogens with one attached hydrogen (secondary N) is 1. The number of aromatic nitrogens is 1. The number of hydrogen-bond donors (Lipinski definition) is 2. The third-order valence-corrected chi connectivity index (χ3v) is 7.45. The van der Waals surface area contributed by atoms with E-state index in [9.17, 15) is 0 Å². The molecular formula is C26H40ClN5. The van der Waals surface area contributed by atoms with Crippen LogP contribution in [0.25, 0.3) is 10.9 Å². The van der Waals surface area contributed by atoms with E-state index in [-0.39, 0.29) is 0 Å². The van der Waals surface area contributed by atoms with Crippen LogP contribution in [0, 0.1) is 5.92 Å². The van der Waals surface area contributed by atoms with Crippen molar-refractivity contribution in [2.24, 2.45) is 5.92 Å². The Kier molecular flexibility index (Phi) is 9.03. The zero-order valence-electron chi connectivity index (χ0n) is 19.5. The Hall–Kier alpha value is -1.40. The van der Waals surface area contributed by atoms with Crippen LogP contribution in [0.3, 0.4) is 0 Å². The SMILES string of the molecule is Nc1cc(CCCN2CCN(CCCNCC3CCCCC3)CC2)nc2cc(Cl)ccc12. The lowest BCUT2D eigenvalue weighted by molar-refractivity contribution is 0.130. The van der Waals surface area contributed by atoms with E-state index in [1.165, 1.54) is 84.3 Å². The van der Waals surface area contributed by atoms with Crippen molar-refractivity contribution in [3.05, 3.63) is 35.0 Å². The van der Waals surface area contributed by atoms with Crippen LogP contribution in [0.2, 0.25) is 5.02 Å². The summed E-state index contributed by atoms with van der Waals surface area (Å²) >= 11 is 6.13. The number of anilines is 1. The topological polar surface area (TPSA) is 57.4 Å². The fraction of sp³-hybridized carbons (Fsp3) is 0.654. The number of piperazine rings is 1. The Balaban J connectivity index is 1.09. The number of nitrogen functional groups attached to an aromatic ring is 1. The number of fused-ring (bicyclic) bond motifs is 1. The van der Waals surface area contributed by atoms with E-state index in [0.29, 0.717) is 5.02 Å². The van der Waals surface area contributed by atoms with Crippen molar-refractivity contribution in [2.75, 3.05) is 58.1 Å². The quantitative estimate of drug-likeness (QED) is 0.511. The Morgan fingerprint density at radius 2 is 1.69 bits per heavy atom. The number of halogens is 1. The molecule has 1 aromatic carbocycles. The summed E-state index contributed by atoms with van der Waals surface area (Å²) in [6.45, 7) is 9.52. The van der Waals surface area contributed by atoms with E-state index >= 15 is 0 Å². The molecule has 2 heterocycles. The van der Waals surface area contributed by atoms with Crippen LogP contribution in [-0.2, 0) is 6.42 Å². The number of hydrogen-bond acceptors (Lipinski definition) is 5. The average molecular weight is 458 g/mol. The highest BCUT2D eigenvalue weighted by Crippen LogP contribution is 2.24. The fourth-order valence-corrected chi connectivity index (χ4v) is 5.43. The first-order valence-corrected chi connectivity index (χ1v) is 13.1. The van der Waals surface area contributed by atoms with E-state index < -0.39 is 0 Å². The maximum atomic E-state index is 6.23. The van der Waals surface area contributed by atoms with Crippen molar-refractivity contribution in [3.63, 3.8) is 0 Å². The number of rotatable bonds is 10. The van der Waals surface area contributed by atoms with Crippen LogP contribution in [-0.4, -0.2) is 67.1 Å². The molecule has 0 spiro atoms. The number of nitrogens with two attached hydrogens (primary N) is 1. The van der Waals surface area contributed by atoms with Crippen molar-refractivity contribution in [2.45, 2.75) is 51.4 Å². The van der Waals surface area contributed by atoms with Crippen LogP contribution in [0.1, 0.15) is 50.6 Å². The molecular weight excluding hydrogens is 418 g/mol. The van der Waals surface area contributed by atoms with Gasteiger partial charge in [-0.2, -0.15) is 0 Å². The van der Waals surface area contributed by atoms with Gasteiger partial charge >= 0.3 is 0 Å². The summed E-state index contributed by atoms with van der Waals surface area (Å²) < 4.78 is 0. The lowest BCUT2D eigenvalue weighted by Gasteiger charge is -2.34. The molecule has 0 atom stereocenters. The predicted molar refractivity (Wildman–Crippen MR) is 136 cm³/mol. The summed E-state index contributed by atoms with van der Waals surface area (Å²) in [5.41, 5.74) is 8.99. The van der Waals surface area contributed by atoms with Crippen LogP contribution in [0.4, 0.5) is 5.69 Å². The van der Waals surface area contributed by atoms with Gasteiger partial charge in [0.05, 0.1) is 5.52 Å². The van der Waals surface area contributed by atoms with E-state index in [1.807, 2.05) is 24.3 Å². The molecule has 1 saturated carbocycles. The molecule has 2 fully saturated rings. The minimum absolute atomic E-state index is 0.708. The summed E-state index contributed by atoms with van der Waals surface area (Å²) in [7, 11) is 0. The van der Waals surface area contributed by atoms with Crippen molar-refractivity contribution in [3.8, 4) is 0 Å². The Bertz CT molecular complexity index is 843. The molecule has 32 heavy (non-hydrogen) atoms. The van der Waals surface area contributed by atoms with Crippen molar-refractivity contribution in [1.82, 2.24) is 20.1 Å². The van der Waals surface area contributed by atoms with E-state index in [0.717, 1.165) is 47.6 Å². The van der Waals surface area contributed by atoms with Gasteiger partial charge in [-0.05, 0) is 88.5 Å². The fourth-order valence-electron chi connectivity index (χ4n) is 5.26. The summed E-state index contributed by atoms with van der Waals surface area (Å²) in [4.78, 5) is 10.0. The van der Waals surface area contributed by atoms with Gasteiger partial charge < -0.3 is 20.9 Å². The van der Waals surface area contributed by atoms with Gasteiger partial charge in [-0.3, -0.25) is 4.98 Å². The molecule has 1 aliphatic carbocycles. The van der Waals surface area contributed by atoms with Gasteiger partial charge in [0.1, 0.15) is 0 Å². The highest BCUT2D eigenvalue weighted by molar-refractivity contribution is 6.31. The normalized spacial score (nSPS) is 19.0. The second-order valence-electron chi connectivity index (χ2n) is 9.71. The second-order valence-corrected chi connectivity index (χ2v) is 10.1. The molecule has 2 aromatic rings. The van der Waals surface area contributed by atoms with Crippen molar-refractivity contribution < 1.29 is 0 Å². The minimum Gasteiger partial charge on any atom is -0.398 e. The number of pyridine rings is 1. The summed E-state index contributed by atoms with van der Waals surface area (Å²) in [6.07, 6.45) is 10.6. The molecule has 5 nitrogen and oxygen atoms in total. The number of benzene rings is 1. The van der Waals surface area contributed by atoms with Gasteiger partial charge in [0.25, 0.3) is 0 Å². The first kappa shape index (κ1) is 23.7. The Morgan fingerprint density at radius 1 is 0.969 bits per heavy atom. The van der Waals surface area contributed by atoms with E-state index in [2.05, 4.69) is 15.1 Å². The van der Waals surface area contributed by atoms with Crippen LogP contribution < -0.4 is 11.1 Å². The van der Waals surface area contributed by atoms with Gasteiger partial charge in [-0.15, -0.1) is 0 Å². The lowest BCUT2D eigenvalue weighted by atomic mass is 9.89. The standard InChI is InChI=1S/C26H40ClN5/c27-22-9-10-24-25(28)19-23(30-26(24)18-22)8-4-12-31-14-16-32(17-15-31)13-5-11-29-20-21-6-2-1-3-7-21/h9-10,18-19,21,29H,1-8,11-17,20H2,(H2,28,30). The third-order valence-electron chi connectivity index (χ3n) is 7.21. The largest absolute Gasteiger partial charge is 0.398 e. The third kappa shape index (κ3) is 7.05. The molecule has 1 saturated heterocycles. The predicted octanol–water partition coefficient (Wildman–Crippen LogP) is 4.58. The zero-order valence-corrected chi connectivity index (χ0v) is 20.3. The zero-order chi connectivity index (χ0) is 22.2. The van der Waals surface area contributed by atoms with E-state index in [1.54, 1.807) is 0 Å². The summed E-state index contributed by atoms with van der Waals surface area (Å²) in [5, 5.41) is 5.40. The van der Waals surface area contributed by atoms with Crippen LogP contribution in [0.15, 0.2) is 24.3 Å². The smallest absolute Gasteiger partial charge is 0.0740 e. The molecule has 0 unspecified atom stereocenters. The summed E-state index contributed by atoms with van der Waals surface area (Å²) in [5.74, 6) is 0.936. The lowest BCUT2D eigenvalue weighted by Crippen LogP contribution is -2.47. The molecule has 0 amide bonds. The number of aryl methyl sites for hydroxylation is 1. The highest BCUT2D eigenvalue weighted by atomic mass is 35.5. The van der Waals surface area contributed by atoms with Gasteiger partial charge in [-0.25, -0.2) is 0 Å². The Morgan fingerprint density at radius 3 is 2.44 bits per heavy atom. The maximum Gasteiger partial charge on any atom is 0.0740 e. The van der Waals surface area contributed by atoms with Crippen LogP contribution >= 0.6 is 11.6 Å². The monoisotopic (exact) mass is 457 g/mol. The van der Waals surface area contributed by atoms with Gasteiger partial charge in [0.2, 0.25) is 0 Å². The first-order valence-electron chi connectivity index (χ1n) is 12.7. The second kappa shape index (κ2) is 12.2. The average Bonchev–Trinajstić information content (AvgIpc) is 2.80. The van der Waals surface area contributed by atoms with Crippen molar-refractivity contribution in [1.29, 1.82) is 0 Å². The molecule has 3 N–H and O–H groups in total. The highest BCUT2D eigenvalue weighted by Gasteiger charge is 2.17. The maximum absolute atomic E-state index is 6.23. The number of nitrogens with zero attached hydrogens (tertiary/aromatic N) is 3. The molecule has 1 aromatic heterocycles. The molecule has 4 rings (SSSR count). The molecule has 0 radical (unpaired) electrons. The Labute approximate surface area is 198 Å². The van der Waals surface area contributed by atoms with Gasteiger partial charge in [0.15, 0.2) is 0 Å². The van der Waals surface area contributed by atoms with E-state index in [4.69, 9.17) is 22.3 Å². The molecule has 1 aliphatic heterocycles. The first-order chi connectivity index (χ1) is 15.7. The minimum atomic E-state index is 0.708. The van der Waals surface area contributed by atoms with Gasteiger partial charge in [0, 0.05) is 48.0 Å². The van der Waals surface area contributed by atoms with Crippen molar-refractivity contribution >= 4 is 28.2 Å². The molecule has 2 aliphatic rings. The summed E-state index contributed by atoms with van der Waals surface area (Å²) in [6, 6.07) is 7.75. The molecule has 0 bridgehead atoms.